The summed E-state index contributed by atoms with van der Waals surface area (Å²) in [5.41, 5.74) is 0.0931. The lowest BCUT2D eigenvalue weighted by Crippen LogP contribution is -2.38. The monoisotopic (exact) mass is 299 g/mol. The standard InChI is InChI=1S/C16H17N3O3/c20-14-8-10-18(16(22)17-14)11-15(21)19-9-4-7-13(19)12-5-2-1-3-6-12/h1-3,5-6,8,10,13H,4,7,9,11H2,(H,17,20,22)/t13-/m1/s1. The molecule has 1 aliphatic heterocycles. The van der Waals surface area contributed by atoms with Gasteiger partial charge in [-0.3, -0.25) is 19.1 Å². The first-order chi connectivity index (χ1) is 10.6. The molecule has 0 bridgehead atoms. The molecule has 1 aromatic heterocycles. The number of carbonyl (C=O) groups is 1. The molecule has 0 unspecified atom stereocenters. The lowest BCUT2D eigenvalue weighted by molar-refractivity contribution is -0.132. The number of nitrogens with zero attached hydrogens (tertiary/aromatic N) is 2. The summed E-state index contributed by atoms with van der Waals surface area (Å²) in [5, 5.41) is 0. The van der Waals surface area contributed by atoms with Crippen LogP contribution < -0.4 is 11.2 Å². The number of aromatic nitrogens is 2. The number of aromatic amines is 1. The maximum absolute atomic E-state index is 12.5. The Balaban J connectivity index is 1.79. The fraction of sp³-hybridized carbons (Fsp3) is 0.312. The highest BCUT2D eigenvalue weighted by atomic mass is 16.2. The first-order valence-corrected chi connectivity index (χ1v) is 7.29. The molecule has 1 amide bonds. The fourth-order valence-electron chi connectivity index (χ4n) is 2.89. The summed E-state index contributed by atoms with van der Waals surface area (Å²) < 4.78 is 1.23. The van der Waals surface area contributed by atoms with Gasteiger partial charge in [-0.1, -0.05) is 30.3 Å². The number of H-pyrrole nitrogens is 1. The normalized spacial score (nSPS) is 17.6. The van der Waals surface area contributed by atoms with E-state index in [9.17, 15) is 14.4 Å². The van der Waals surface area contributed by atoms with Gasteiger partial charge in [0.2, 0.25) is 5.91 Å². The molecule has 1 fully saturated rings. The van der Waals surface area contributed by atoms with Crippen molar-refractivity contribution in [3.05, 3.63) is 69.0 Å². The summed E-state index contributed by atoms with van der Waals surface area (Å²) in [6.07, 6.45) is 3.23. The van der Waals surface area contributed by atoms with Crippen molar-refractivity contribution >= 4 is 5.91 Å². The van der Waals surface area contributed by atoms with E-state index in [0.717, 1.165) is 18.4 Å². The smallest absolute Gasteiger partial charge is 0.328 e. The van der Waals surface area contributed by atoms with Crippen molar-refractivity contribution in [2.45, 2.75) is 25.4 Å². The van der Waals surface area contributed by atoms with Crippen molar-refractivity contribution in [3.8, 4) is 0 Å². The highest BCUT2D eigenvalue weighted by Gasteiger charge is 2.29. The predicted molar refractivity (Wildman–Crippen MR) is 81.5 cm³/mol. The molecule has 3 rings (SSSR count). The fourth-order valence-corrected chi connectivity index (χ4v) is 2.89. The zero-order valence-electron chi connectivity index (χ0n) is 12.1. The first kappa shape index (κ1) is 14.3. The third-order valence-electron chi connectivity index (χ3n) is 3.96. The van der Waals surface area contributed by atoms with Crippen molar-refractivity contribution in [3.63, 3.8) is 0 Å². The molecule has 0 spiro atoms. The Bertz CT molecular complexity index is 779. The minimum Gasteiger partial charge on any atom is -0.334 e. The largest absolute Gasteiger partial charge is 0.334 e. The number of amides is 1. The molecule has 0 radical (unpaired) electrons. The van der Waals surface area contributed by atoms with E-state index in [-0.39, 0.29) is 18.5 Å². The molecule has 0 aliphatic carbocycles. The van der Waals surface area contributed by atoms with Crippen molar-refractivity contribution in [1.29, 1.82) is 0 Å². The van der Waals surface area contributed by atoms with Crippen LogP contribution in [-0.2, 0) is 11.3 Å². The van der Waals surface area contributed by atoms with Gasteiger partial charge in [0, 0.05) is 18.8 Å². The molecular formula is C16H17N3O3. The first-order valence-electron chi connectivity index (χ1n) is 7.29. The van der Waals surface area contributed by atoms with Gasteiger partial charge in [0.25, 0.3) is 5.56 Å². The highest BCUT2D eigenvalue weighted by Crippen LogP contribution is 2.31. The van der Waals surface area contributed by atoms with E-state index >= 15 is 0 Å². The summed E-state index contributed by atoms with van der Waals surface area (Å²) in [6, 6.07) is 11.2. The van der Waals surface area contributed by atoms with E-state index in [1.165, 1.54) is 16.8 Å². The van der Waals surface area contributed by atoms with Crippen LogP contribution in [0.1, 0.15) is 24.4 Å². The minimum atomic E-state index is -0.559. The maximum atomic E-state index is 12.5. The van der Waals surface area contributed by atoms with Crippen LogP contribution in [0.25, 0.3) is 0 Å². The molecule has 22 heavy (non-hydrogen) atoms. The van der Waals surface area contributed by atoms with Gasteiger partial charge in [0.05, 0.1) is 6.04 Å². The molecule has 1 saturated heterocycles. The van der Waals surface area contributed by atoms with Gasteiger partial charge in [-0.15, -0.1) is 0 Å². The van der Waals surface area contributed by atoms with Gasteiger partial charge in [0.1, 0.15) is 6.54 Å². The molecule has 1 aromatic carbocycles. The maximum Gasteiger partial charge on any atom is 0.328 e. The van der Waals surface area contributed by atoms with Gasteiger partial charge < -0.3 is 4.90 Å². The van der Waals surface area contributed by atoms with Gasteiger partial charge in [0.15, 0.2) is 0 Å². The van der Waals surface area contributed by atoms with Crippen molar-refractivity contribution in [1.82, 2.24) is 14.5 Å². The molecule has 1 aliphatic rings. The van der Waals surface area contributed by atoms with Crippen LogP contribution in [0.15, 0.2) is 52.2 Å². The summed E-state index contributed by atoms with van der Waals surface area (Å²) in [4.78, 5) is 39.2. The zero-order valence-corrected chi connectivity index (χ0v) is 12.1. The number of carbonyl (C=O) groups excluding carboxylic acids is 1. The average molecular weight is 299 g/mol. The molecule has 1 atom stereocenters. The highest BCUT2D eigenvalue weighted by molar-refractivity contribution is 5.76. The Morgan fingerprint density at radius 2 is 1.95 bits per heavy atom. The third-order valence-corrected chi connectivity index (χ3v) is 3.96. The van der Waals surface area contributed by atoms with Crippen molar-refractivity contribution in [2.24, 2.45) is 0 Å². The van der Waals surface area contributed by atoms with E-state index in [1.807, 2.05) is 35.2 Å². The second-order valence-electron chi connectivity index (χ2n) is 5.39. The molecule has 6 heteroatoms. The number of rotatable bonds is 3. The molecule has 0 saturated carbocycles. The van der Waals surface area contributed by atoms with Crippen LogP contribution in [0.5, 0.6) is 0 Å². The van der Waals surface area contributed by atoms with Crippen LogP contribution in [0, 0.1) is 0 Å². The molecule has 2 heterocycles. The second-order valence-corrected chi connectivity index (χ2v) is 5.39. The zero-order chi connectivity index (χ0) is 15.5. The molecule has 6 nitrogen and oxygen atoms in total. The van der Waals surface area contributed by atoms with E-state index in [0.29, 0.717) is 6.54 Å². The summed E-state index contributed by atoms with van der Waals surface area (Å²) in [6.45, 7) is 0.634. The summed E-state index contributed by atoms with van der Waals surface area (Å²) in [5.74, 6) is -0.111. The van der Waals surface area contributed by atoms with Gasteiger partial charge in [-0.25, -0.2) is 4.79 Å². The van der Waals surface area contributed by atoms with Crippen molar-refractivity contribution < 1.29 is 4.79 Å². The average Bonchev–Trinajstić information content (AvgIpc) is 3.00. The van der Waals surface area contributed by atoms with Gasteiger partial charge >= 0.3 is 5.69 Å². The van der Waals surface area contributed by atoms with Crippen LogP contribution >= 0.6 is 0 Å². The Kier molecular flexibility index (Phi) is 3.91. The lowest BCUT2D eigenvalue weighted by atomic mass is 10.0. The van der Waals surface area contributed by atoms with Crippen LogP contribution in [-0.4, -0.2) is 26.9 Å². The lowest BCUT2D eigenvalue weighted by Gasteiger charge is -2.25. The van der Waals surface area contributed by atoms with E-state index in [2.05, 4.69) is 4.98 Å². The quantitative estimate of drug-likeness (QED) is 0.915. The number of benzene rings is 1. The number of nitrogens with one attached hydrogen (secondary N) is 1. The van der Waals surface area contributed by atoms with Gasteiger partial charge in [-0.05, 0) is 18.4 Å². The SMILES string of the molecule is O=C(Cn1ccc(=O)[nH]c1=O)N1CCC[C@@H]1c1ccccc1. The Morgan fingerprint density at radius 1 is 1.18 bits per heavy atom. The van der Waals surface area contributed by atoms with Crippen molar-refractivity contribution in [2.75, 3.05) is 6.54 Å². The third kappa shape index (κ3) is 2.86. The molecule has 1 N–H and O–H groups in total. The van der Waals surface area contributed by atoms with Crippen LogP contribution in [0.3, 0.4) is 0 Å². The molecule has 2 aromatic rings. The van der Waals surface area contributed by atoms with Crippen LogP contribution in [0.4, 0.5) is 0 Å². The molecular weight excluding hydrogens is 282 g/mol. The van der Waals surface area contributed by atoms with Crippen LogP contribution in [0.2, 0.25) is 0 Å². The summed E-state index contributed by atoms with van der Waals surface area (Å²) >= 11 is 0. The number of hydrogen-bond acceptors (Lipinski definition) is 3. The van der Waals surface area contributed by atoms with E-state index in [1.54, 1.807) is 0 Å². The van der Waals surface area contributed by atoms with E-state index < -0.39 is 11.2 Å². The van der Waals surface area contributed by atoms with E-state index in [4.69, 9.17) is 0 Å². The predicted octanol–water partition coefficient (Wildman–Crippen LogP) is 0.900. The number of likely N-dealkylation sites (tertiary alicyclic amines) is 1. The number of hydrogen-bond donors (Lipinski definition) is 1. The summed E-state index contributed by atoms with van der Waals surface area (Å²) in [7, 11) is 0. The topological polar surface area (TPSA) is 75.2 Å². The minimum absolute atomic E-state index is 0.0566. The molecule has 114 valence electrons. The second kappa shape index (κ2) is 6.01. The Morgan fingerprint density at radius 3 is 2.68 bits per heavy atom. The Hall–Kier alpha value is -2.63. The van der Waals surface area contributed by atoms with Gasteiger partial charge in [-0.2, -0.15) is 0 Å². The Labute approximate surface area is 127 Å².